The molecule has 0 radical (unpaired) electrons. The Morgan fingerprint density at radius 3 is 2.85 bits per heavy atom. The molecule has 5 nitrogen and oxygen atoms in total. The molecule has 0 saturated carbocycles. The van der Waals surface area contributed by atoms with Gasteiger partial charge in [0.2, 0.25) is 0 Å². The van der Waals surface area contributed by atoms with Crippen molar-refractivity contribution in [1.82, 2.24) is 19.7 Å². The smallest absolute Gasteiger partial charge is 0.195 e. The van der Waals surface area contributed by atoms with E-state index in [-0.39, 0.29) is 11.5 Å². The SMILES string of the molecule is Cn1ccnc1-c1[nH]nc(N)c1F. The molecule has 0 aliphatic heterocycles. The molecule has 0 saturated heterocycles. The summed E-state index contributed by atoms with van der Waals surface area (Å²) in [7, 11) is 1.76. The number of nitrogens with zero attached hydrogens (tertiary/aromatic N) is 3. The summed E-state index contributed by atoms with van der Waals surface area (Å²) in [5.74, 6) is -0.228. The maximum atomic E-state index is 13.2. The van der Waals surface area contributed by atoms with Crippen LogP contribution >= 0.6 is 0 Å². The molecule has 0 aliphatic rings. The van der Waals surface area contributed by atoms with Crippen molar-refractivity contribution in [3.8, 4) is 11.5 Å². The van der Waals surface area contributed by atoms with Gasteiger partial charge in [-0.1, -0.05) is 0 Å². The Kier molecular flexibility index (Phi) is 1.54. The molecule has 0 bridgehead atoms. The van der Waals surface area contributed by atoms with E-state index >= 15 is 0 Å². The third kappa shape index (κ3) is 1.07. The van der Waals surface area contributed by atoms with Crippen LogP contribution in [0.2, 0.25) is 0 Å². The van der Waals surface area contributed by atoms with Crippen LogP contribution in [0.3, 0.4) is 0 Å². The van der Waals surface area contributed by atoms with Crippen LogP contribution in [0.5, 0.6) is 0 Å². The molecule has 13 heavy (non-hydrogen) atoms. The van der Waals surface area contributed by atoms with Crippen molar-refractivity contribution in [3.05, 3.63) is 18.2 Å². The zero-order chi connectivity index (χ0) is 9.42. The molecule has 0 aromatic carbocycles. The maximum Gasteiger partial charge on any atom is 0.195 e. The van der Waals surface area contributed by atoms with Gasteiger partial charge in [0, 0.05) is 19.4 Å². The summed E-state index contributed by atoms with van der Waals surface area (Å²) in [5, 5.41) is 6.02. The van der Waals surface area contributed by atoms with Crippen LogP contribution in [0.15, 0.2) is 12.4 Å². The molecule has 2 heterocycles. The van der Waals surface area contributed by atoms with E-state index < -0.39 is 5.82 Å². The number of nitrogen functional groups attached to an aromatic ring is 1. The monoisotopic (exact) mass is 181 g/mol. The normalized spacial score (nSPS) is 10.6. The molecule has 0 fully saturated rings. The minimum atomic E-state index is -0.561. The first-order valence-electron chi connectivity index (χ1n) is 3.67. The molecule has 0 spiro atoms. The summed E-state index contributed by atoms with van der Waals surface area (Å²) >= 11 is 0. The predicted molar refractivity (Wildman–Crippen MR) is 45.2 cm³/mol. The predicted octanol–water partition coefficient (Wildman–Crippen LogP) is 0.531. The first kappa shape index (κ1) is 7.78. The lowest BCUT2D eigenvalue weighted by atomic mass is 10.4. The van der Waals surface area contributed by atoms with Gasteiger partial charge < -0.3 is 10.3 Å². The van der Waals surface area contributed by atoms with Crippen LogP contribution in [-0.4, -0.2) is 19.7 Å². The van der Waals surface area contributed by atoms with E-state index in [1.54, 1.807) is 24.0 Å². The van der Waals surface area contributed by atoms with Gasteiger partial charge in [0.05, 0.1) is 0 Å². The fourth-order valence-corrected chi connectivity index (χ4v) is 1.10. The van der Waals surface area contributed by atoms with Crippen molar-refractivity contribution in [2.24, 2.45) is 7.05 Å². The van der Waals surface area contributed by atoms with Gasteiger partial charge in [0.1, 0.15) is 5.69 Å². The van der Waals surface area contributed by atoms with Crippen LogP contribution in [-0.2, 0) is 7.05 Å². The molecule has 68 valence electrons. The Bertz CT molecular complexity index is 430. The highest BCUT2D eigenvalue weighted by molar-refractivity contribution is 5.55. The standard InChI is InChI=1S/C7H8FN5/c1-13-3-2-10-7(13)5-4(8)6(9)12-11-5/h2-3H,1H3,(H3,9,11,12). The number of hydrogen-bond donors (Lipinski definition) is 2. The van der Waals surface area contributed by atoms with E-state index in [9.17, 15) is 4.39 Å². The number of imidazole rings is 1. The zero-order valence-electron chi connectivity index (χ0n) is 6.95. The van der Waals surface area contributed by atoms with Crippen molar-refractivity contribution in [3.63, 3.8) is 0 Å². The largest absolute Gasteiger partial charge is 0.380 e. The highest BCUT2D eigenvalue weighted by Gasteiger charge is 2.14. The number of aromatic nitrogens is 4. The van der Waals surface area contributed by atoms with Crippen LogP contribution in [0.25, 0.3) is 11.5 Å². The van der Waals surface area contributed by atoms with Gasteiger partial charge in [-0.3, -0.25) is 5.10 Å². The van der Waals surface area contributed by atoms with E-state index in [0.29, 0.717) is 5.82 Å². The van der Waals surface area contributed by atoms with Gasteiger partial charge in [-0.05, 0) is 0 Å². The molecule has 0 amide bonds. The summed E-state index contributed by atoms with van der Waals surface area (Å²) in [6, 6.07) is 0. The Morgan fingerprint density at radius 2 is 2.38 bits per heavy atom. The number of anilines is 1. The number of hydrogen-bond acceptors (Lipinski definition) is 3. The molecule has 2 aromatic heterocycles. The summed E-state index contributed by atoms with van der Waals surface area (Å²) in [6.07, 6.45) is 3.29. The van der Waals surface area contributed by atoms with Gasteiger partial charge in [-0.25, -0.2) is 9.37 Å². The van der Waals surface area contributed by atoms with Crippen LogP contribution in [0.4, 0.5) is 10.2 Å². The molecular formula is C7H8FN5. The third-order valence-corrected chi connectivity index (χ3v) is 1.78. The number of aryl methyl sites for hydroxylation is 1. The summed E-state index contributed by atoms with van der Waals surface area (Å²) in [4.78, 5) is 3.96. The Balaban J connectivity index is 2.59. The van der Waals surface area contributed by atoms with Crippen LogP contribution in [0, 0.1) is 5.82 Å². The first-order chi connectivity index (χ1) is 6.20. The van der Waals surface area contributed by atoms with Crippen molar-refractivity contribution < 1.29 is 4.39 Å². The Labute approximate surface area is 73.4 Å². The second-order valence-corrected chi connectivity index (χ2v) is 2.66. The topological polar surface area (TPSA) is 72.5 Å². The van der Waals surface area contributed by atoms with Crippen LogP contribution in [0.1, 0.15) is 0 Å². The molecule has 0 atom stereocenters. The Morgan fingerprint density at radius 1 is 1.62 bits per heavy atom. The van der Waals surface area contributed by atoms with E-state index in [0.717, 1.165) is 0 Å². The lowest BCUT2D eigenvalue weighted by Gasteiger charge is -1.96. The number of aromatic amines is 1. The van der Waals surface area contributed by atoms with Gasteiger partial charge in [-0.15, -0.1) is 0 Å². The van der Waals surface area contributed by atoms with Crippen LogP contribution < -0.4 is 5.73 Å². The molecule has 2 aromatic rings. The van der Waals surface area contributed by atoms with Gasteiger partial charge in [-0.2, -0.15) is 5.10 Å². The lowest BCUT2D eigenvalue weighted by Crippen LogP contribution is -1.94. The second-order valence-electron chi connectivity index (χ2n) is 2.66. The average molecular weight is 181 g/mol. The van der Waals surface area contributed by atoms with Gasteiger partial charge in [0.25, 0.3) is 0 Å². The lowest BCUT2D eigenvalue weighted by molar-refractivity contribution is 0.634. The number of rotatable bonds is 1. The molecule has 0 aliphatic carbocycles. The molecular weight excluding hydrogens is 173 g/mol. The number of nitrogens with two attached hydrogens (primary N) is 1. The molecule has 2 rings (SSSR count). The van der Waals surface area contributed by atoms with E-state index in [1.165, 1.54) is 0 Å². The number of H-pyrrole nitrogens is 1. The van der Waals surface area contributed by atoms with E-state index in [1.807, 2.05) is 0 Å². The third-order valence-electron chi connectivity index (χ3n) is 1.78. The van der Waals surface area contributed by atoms with E-state index in [4.69, 9.17) is 5.73 Å². The molecule has 0 unspecified atom stereocenters. The highest BCUT2D eigenvalue weighted by atomic mass is 19.1. The summed E-state index contributed by atoms with van der Waals surface area (Å²) in [6.45, 7) is 0. The quantitative estimate of drug-likeness (QED) is 0.674. The average Bonchev–Trinajstić information content (AvgIpc) is 2.62. The number of halogens is 1. The van der Waals surface area contributed by atoms with Gasteiger partial charge >= 0.3 is 0 Å². The zero-order valence-corrected chi connectivity index (χ0v) is 6.95. The minimum Gasteiger partial charge on any atom is -0.380 e. The van der Waals surface area contributed by atoms with E-state index in [2.05, 4.69) is 15.2 Å². The second kappa shape index (κ2) is 2.58. The molecule has 3 N–H and O–H groups in total. The fraction of sp³-hybridized carbons (Fsp3) is 0.143. The van der Waals surface area contributed by atoms with Crippen molar-refractivity contribution in [2.45, 2.75) is 0 Å². The van der Waals surface area contributed by atoms with Crippen molar-refractivity contribution in [2.75, 3.05) is 5.73 Å². The summed E-state index contributed by atoms with van der Waals surface area (Å²) in [5.41, 5.74) is 5.46. The molecule has 6 heteroatoms. The first-order valence-corrected chi connectivity index (χ1v) is 3.67. The Hall–Kier alpha value is -1.85. The van der Waals surface area contributed by atoms with Crippen molar-refractivity contribution in [1.29, 1.82) is 0 Å². The number of nitrogens with one attached hydrogen (secondary N) is 1. The van der Waals surface area contributed by atoms with Crippen molar-refractivity contribution >= 4 is 5.82 Å². The van der Waals surface area contributed by atoms with Gasteiger partial charge in [0.15, 0.2) is 17.5 Å². The minimum absolute atomic E-state index is 0.141. The highest BCUT2D eigenvalue weighted by Crippen LogP contribution is 2.20. The summed E-state index contributed by atoms with van der Waals surface area (Å²) < 4.78 is 14.9. The maximum absolute atomic E-state index is 13.2. The fourth-order valence-electron chi connectivity index (χ4n) is 1.10.